The van der Waals surface area contributed by atoms with Crippen LogP contribution >= 0.6 is 11.3 Å². The third-order valence-electron chi connectivity index (χ3n) is 3.90. The largest absolute Gasteiger partial charge is 0.306 e. The van der Waals surface area contributed by atoms with E-state index in [4.69, 9.17) is 0 Å². The summed E-state index contributed by atoms with van der Waals surface area (Å²) < 4.78 is 0. The molecule has 21 heavy (non-hydrogen) atoms. The van der Waals surface area contributed by atoms with Crippen LogP contribution in [0.25, 0.3) is 0 Å². The van der Waals surface area contributed by atoms with Crippen molar-refractivity contribution in [2.24, 2.45) is 0 Å². The van der Waals surface area contributed by atoms with Crippen molar-refractivity contribution in [2.75, 3.05) is 4.90 Å². The number of aryl methyl sites for hydroxylation is 1. The quantitative estimate of drug-likeness (QED) is 0.943. The molecule has 1 aliphatic rings. The molecular weight excluding hydrogens is 280 g/mol. The zero-order valence-electron chi connectivity index (χ0n) is 12.4. The van der Waals surface area contributed by atoms with Gasteiger partial charge in [0, 0.05) is 22.0 Å². The Kier molecular flexibility index (Phi) is 4.08. The molecule has 1 atom stereocenters. The summed E-state index contributed by atoms with van der Waals surface area (Å²) >= 11 is 1.80. The van der Waals surface area contributed by atoms with Crippen LogP contribution in [0.3, 0.4) is 0 Å². The highest BCUT2D eigenvalue weighted by atomic mass is 32.1. The standard InChI is InChI=1S/C17H20N2OS/c1-3-14-8-9-15(21-14)11-19-16-7-5-4-6-13(16)10-18-12(2)17(19)20/h4-9,12,18H,3,10-11H2,1-2H3. The number of anilines is 1. The zero-order valence-corrected chi connectivity index (χ0v) is 13.2. The predicted octanol–water partition coefficient (Wildman–Crippen LogP) is 3.34. The Hall–Kier alpha value is -1.65. The molecule has 1 N–H and O–H groups in total. The van der Waals surface area contributed by atoms with E-state index in [1.807, 2.05) is 30.0 Å². The lowest BCUT2D eigenvalue weighted by atomic mass is 10.1. The van der Waals surface area contributed by atoms with Gasteiger partial charge in [-0.2, -0.15) is 0 Å². The molecule has 1 aromatic heterocycles. The topological polar surface area (TPSA) is 32.3 Å². The molecule has 1 aliphatic heterocycles. The molecule has 110 valence electrons. The second-order valence-corrected chi connectivity index (χ2v) is 6.63. The molecule has 1 aromatic carbocycles. The van der Waals surface area contributed by atoms with Crippen LogP contribution in [-0.2, 0) is 24.3 Å². The van der Waals surface area contributed by atoms with Crippen LogP contribution in [0, 0.1) is 0 Å². The minimum Gasteiger partial charge on any atom is -0.306 e. The zero-order chi connectivity index (χ0) is 14.8. The van der Waals surface area contributed by atoms with Gasteiger partial charge in [-0.25, -0.2) is 0 Å². The Balaban J connectivity index is 1.95. The molecule has 2 aromatic rings. The molecule has 3 rings (SSSR count). The van der Waals surface area contributed by atoms with E-state index in [0.29, 0.717) is 6.54 Å². The van der Waals surface area contributed by atoms with Gasteiger partial charge < -0.3 is 10.2 Å². The minimum atomic E-state index is -0.150. The fourth-order valence-electron chi connectivity index (χ4n) is 2.64. The first kappa shape index (κ1) is 14.3. The minimum absolute atomic E-state index is 0.145. The number of amides is 1. The van der Waals surface area contributed by atoms with Gasteiger partial charge in [-0.15, -0.1) is 11.3 Å². The molecule has 0 saturated carbocycles. The molecule has 4 heteroatoms. The molecule has 0 aliphatic carbocycles. The molecule has 0 bridgehead atoms. The average molecular weight is 300 g/mol. The number of nitrogens with zero attached hydrogens (tertiary/aromatic N) is 1. The summed E-state index contributed by atoms with van der Waals surface area (Å²) in [5.74, 6) is 0.145. The first-order chi connectivity index (χ1) is 10.2. The predicted molar refractivity (Wildman–Crippen MR) is 87.6 cm³/mol. The van der Waals surface area contributed by atoms with Crippen molar-refractivity contribution in [1.82, 2.24) is 5.32 Å². The molecule has 0 saturated heterocycles. The van der Waals surface area contributed by atoms with Crippen LogP contribution in [0.5, 0.6) is 0 Å². The van der Waals surface area contributed by atoms with Crippen LogP contribution in [0.2, 0.25) is 0 Å². The van der Waals surface area contributed by atoms with E-state index in [-0.39, 0.29) is 11.9 Å². The van der Waals surface area contributed by atoms with E-state index >= 15 is 0 Å². The first-order valence-corrected chi connectivity index (χ1v) is 8.21. The van der Waals surface area contributed by atoms with Gasteiger partial charge in [-0.3, -0.25) is 4.79 Å². The summed E-state index contributed by atoms with van der Waals surface area (Å²) in [5, 5.41) is 3.29. The maximum Gasteiger partial charge on any atom is 0.244 e. The number of benzene rings is 1. The Morgan fingerprint density at radius 3 is 2.76 bits per heavy atom. The number of rotatable bonds is 3. The van der Waals surface area contributed by atoms with E-state index in [2.05, 4.69) is 30.4 Å². The van der Waals surface area contributed by atoms with E-state index < -0.39 is 0 Å². The number of fused-ring (bicyclic) bond motifs is 1. The smallest absolute Gasteiger partial charge is 0.244 e. The molecular formula is C17H20N2OS. The lowest BCUT2D eigenvalue weighted by Gasteiger charge is -2.23. The van der Waals surface area contributed by atoms with Gasteiger partial charge in [0.05, 0.1) is 12.6 Å². The highest BCUT2D eigenvalue weighted by molar-refractivity contribution is 7.12. The number of thiophene rings is 1. The van der Waals surface area contributed by atoms with Gasteiger partial charge in [0.1, 0.15) is 0 Å². The molecule has 2 heterocycles. The van der Waals surface area contributed by atoms with E-state index in [0.717, 1.165) is 18.7 Å². The van der Waals surface area contributed by atoms with Gasteiger partial charge in [0.25, 0.3) is 0 Å². The molecule has 1 unspecified atom stereocenters. The van der Waals surface area contributed by atoms with Crippen molar-refractivity contribution in [2.45, 2.75) is 39.4 Å². The Bertz CT molecular complexity index is 650. The van der Waals surface area contributed by atoms with Crippen LogP contribution < -0.4 is 10.2 Å². The number of carbonyl (C=O) groups is 1. The summed E-state index contributed by atoms with van der Waals surface area (Å²) in [5.41, 5.74) is 2.22. The monoisotopic (exact) mass is 300 g/mol. The van der Waals surface area contributed by atoms with Crippen LogP contribution in [-0.4, -0.2) is 11.9 Å². The third-order valence-corrected chi connectivity index (χ3v) is 5.11. The number of para-hydroxylation sites is 1. The molecule has 0 radical (unpaired) electrons. The van der Waals surface area contributed by atoms with Crippen molar-refractivity contribution in [3.63, 3.8) is 0 Å². The normalized spacial score (nSPS) is 18.5. The maximum absolute atomic E-state index is 12.7. The Morgan fingerprint density at radius 2 is 2.00 bits per heavy atom. The fraction of sp³-hybridized carbons (Fsp3) is 0.353. The van der Waals surface area contributed by atoms with Gasteiger partial charge in [-0.05, 0) is 37.1 Å². The van der Waals surface area contributed by atoms with E-state index in [9.17, 15) is 4.79 Å². The molecule has 1 amide bonds. The van der Waals surface area contributed by atoms with Crippen LogP contribution in [0.15, 0.2) is 36.4 Å². The number of nitrogens with one attached hydrogen (secondary N) is 1. The summed E-state index contributed by atoms with van der Waals surface area (Å²) in [4.78, 5) is 17.2. The third kappa shape index (κ3) is 2.87. The maximum atomic E-state index is 12.7. The second-order valence-electron chi connectivity index (χ2n) is 5.38. The van der Waals surface area contributed by atoms with E-state index in [1.165, 1.54) is 15.3 Å². The summed E-state index contributed by atoms with van der Waals surface area (Å²) in [7, 11) is 0. The van der Waals surface area contributed by atoms with Crippen molar-refractivity contribution in [3.05, 3.63) is 51.7 Å². The lowest BCUT2D eigenvalue weighted by molar-refractivity contribution is -0.120. The lowest BCUT2D eigenvalue weighted by Crippen LogP contribution is -2.41. The Morgan fingerprint density at radius 1 is 1.24 bits per heavy atom. The van der Waals surface area contributed by atoms with Gasteiger partial charge in [0.15, 0.2) is 0 Å². The number of hydrogen-bond acceptors (Lipinski definition) is 3. The summed E-state index contributed by atoms with van der Waals surface area (Å²) in [6.45, 7) is 5.50. The van der Waals surface area contributed by atoms with Crippen LogP contribution in [0.1, 0.15) is 29.2 Å². The molecule has 0 spiro atoms. The highest BCUT2D eigenvalue weighted by Gasteiger charge is 2.27. The van der Waals surface area contributed by atoms with Crippen LogP contribution in [0.4, 0.5) is 5.69 Å². The average Bonchev–Trinajstić information content (AvgIpc) is 2.93. The second kappa shape index (κ2) is 6.00. The van der Waals surface area contributed by atoms with Crippen molar-refractivity contribution < 1.29 is 4.79 Å². The number of carbonyl (C=O) groups excluding carboxylic acids is 1. The van der Waals surface area contributed by atoms with Gasteiger partial charge in [-0.1, -0.05) is 25.1 Å². The van der Waals surface area contributed by atoms with Crippen molar-refractivity contribution in [3.8, 4) is 0 Å². The van der Waals surface area contributed by atoms with Crippen molar-refractivity contribution >= 4 is 22.9 Å². The van der Waals surface area contributed by atoms with Gasteiger partial charge in [0.2, 0.25) is 5.91 Å². The number of hydrogen-bond donors (Lipinski definition) is 1. The van der Waals surface area contributed by atoms with Crippen molar-refractivity contribution in [1.29, 1.82) is 0 Å². The first-order valence-electron chi connectivity index (χ1n) is 7.39. The molecule has 3 nitrogen and oxygen atoms in total. The molecule has 0 fully saturated rings. The highest BCUT2D eigenvalue weighted by Crippen LogP contribution is 2.28. The Labute approximate surface area is 129 Å². The fourth-order valence-corrected chi connectivity index (χ4v) is 3.59. The SMILES string of the molecule is CCc1ccc(CN2C(=O)C(C)NCc3ccccc32)s1. The summed E-state index contributed by atoms with van der Waals surface area (Å²) in [6.07, 6.45) is 1.05. The van der Waals surface area contributed by atoms with E-state index in [1.54, 1.807) is 11.3 Å². The summed E-state index contributed by atoms with van der Waals surface area (Å²) in [6, 6.07) is 12.3. The van der Waals surface area contributed by atoms with Gasteiger partial charge >= 0.3 is 0 Å².